The highest BCUT2D eigenvalue weighted by molar-refractivity contribution is 5.95. The second kappa shape index (κ2) is 9.61. The van der Waals surface area contributed by atoms with Gasteiger partial charge >= 0.3 is 0 Å². The number of ether oxygens (including phenoxy) is 2. The number of nitrogens with zero attached hydrogens (tertiary/aromatic N) is 1. The van der Waals surface area contributed by atoms with Crippen LogP contribution in [0.25, 0.3) is 10.9 Å². The van der Waals surface area contributed by atoms with Crippen LogP contribution in [-0.2, 0) is 12.8 Å². The smallest absolute Gasteiger partial charge is 0.249 e. The highest BCUT2D eigenvalue weighted by Gasteiger charge is 2.30. The summed E-state index contributed by atoms with van der Waals surface area (Å²) in [5, 5.41) is 0.945. The molecule has 32 heavy (non-hydrogen) atoms. The Balaban J connectivity index is 1.48. The molecule has 1 aliphatic heterocycles. The zero-order valence-electron chi connectivity index (χ0n) is 18.6. The Bertz CT molecular complexity index is 1110. The summed E-state index contributed by atoms with van der Waals surface area (Å²) in [6, 6.07) is 8.43. The molecule has 1 amide bonds. The molecule has 0 spiro atoms. The summed E-state index contributed by atoms with van der Waals surface area (Å²) in [5.74, 6) is 0.570. The van der Waals surface area contributed by atoms with Crippen molar-refractivity contribution in [3.8, 4) is 11.5 Å². The molecular formula is C25H30FN3O3. The SMILES string of the molecule is CCCN(CCCc1c[nH]c2ccc(F)cc12)C1COc2c(OC)ccc(C(N)=O)c2C1. The minimum Gasteiger partial charge on any atom is -0.493 e. The van der Waals surface area contributed by atoms with Gasteiger partial charge in [-0.05, 0) is 74.7 Å². The van der Waals surface area contributed by atoms with Gasteiger partial charge in [0.05, 0.1) is 7.11 Å². The van der Waals surface area contributed by atoms with Crippen LogP contribution in [0.3, 0.4) is 0 Å². The first kappa shape index (κ1) is 22.1. The van der Waals surface area contributed by atoms with Crippen LogP contribution in [0.1, 0.15) is 41.3 Å². The van der Waals surface area contributed by atoms with Gasteiger partial charge < -0.3 is 20.2 Å². The lowest BCUT2D eigenvalue weighted by molar-refractivity contribution is 0.0985. The zero-order valence-corrected chi connectivity index (χ0v) is 18.6. The highest BCUT2D eigenvalue weighted by atomic mass is 19.1. The Morgan fingerprint density at radius 1 is 1.31 bits per heavy atom. The van der Waals surface area contributed by atoms with Gasteiger partial charge in [0.1, 0.15) is 12.4 Å². The van der Waals surface area contributed by atoms with E-state index >= 15 is 0 Å². The lowest BCUT2D eigenvalue weighted by atomic mass is 9.95. The van der Waals surface area contributed by atoms with E-state index < -0.39 is 5.91 Å². The topological polar surface area (TPSA) is 80.6 Å². The highest BCUT2D eigenvalue weighted by Crippen LogP contribution is 2.38. The molecule has 6 nitrogen and oxygen atoms in total. The number of aromatic amines is 1. The molecule has 1 aliphatic rings. The van der Waals surface area contributed by atoms with Crippen LogP contribution >= 0.6 is 0 Å². The van der Waals surface area contributed by atoms with Gasteiger partial charge in [0.25, 0.3) is 0 Å². The van der Waals surface area contributed by atoms with Crippen LogP contribution in [0.5, 0.6) is 11.5 Å². The average Bonchev–Trinajstić information content (AvgIpc) is 3.19. The number of hydrogen-bond acceptors (Lipinski definition) is 4. The number of aromatic nitrogens is 1. The van der Waals surface area contributed by atoms with Gasteiger partial charge in [-0.3, -0.25) is 9.69 Å². The second-order valence-electron chi connectivity index (χ2n) is 8.30. The largest absolute Gasteiger partial charge is 0.493 e. The molecular weight excluding hydrogens is 409 g/mol. The van der Waals surface area contributed by atoms with Gasteiger partial charge in [-0.15, -0.1) is 0 Å². The molecule has 1 atom stereocenters. The summed E-state index contributed by atoms with van der Waals surface area (Å²) < 4.78 is 25.2. The van der Waals surface area contributed by atoms with Crippen molar-refractivity contribution in [3.05, 3.63) is 59.0 Å². The Kier molecular flexibility index (Phi) is 6.65. The molecule has 0 fully saturated rings. The number of aryl methyl sites for hydroxylation is 1. The number of primary amides is 1. The molecule has 1 unspecified atom stereocenters. The maximum absolute atomic E-state index is 13.7. The number of nitrogens with two attached hydrogens (primary N) is 1. The van der Waals surface area contributed by atoms with E-state index in [2.05, 4.69) is 16.8 Å². The number of hydrogen-bond donors (Lipinski definition) is 2. The van der Waals surface area contributed by atoms with E-state index in [-0.39, 0.29) is 11.9 Å². The van der Waals surface area contributed by atoms with Crippen molar-refractivity contribution in [2.45, 2.75) is 38.6 Å². The van der Waals surface area contributed by atoms with Crippen molar-refractivity contribution in [2.75, 3.05) is 26.8 Å². The van der Waals surface area contributed by atoms with Gasteiger partial charge in [-0.1, -0.05) is 6.92 Å². The molecule has 3 N–H and O–H groups in total. The lowest BCUT2D eigenvalue weighted by Crippen LogP contribution is -2.44. The van der Waals surface area contributed by atoms with Crippen molar-refractivity contribution in [3.63, 3.8) is 0 Å². The maximum atomic E-state index is 13.7. The number of carbonyl (C=O) groups excluding carboxylic acids is 1. The Morgan fingerprint density at radius 3 is 2.91 bits per heavy atom. The molecule has 4 rings (SSSR count). The lowest BCUT2D eigenvalue weighted by Gasteiger charge is -2.36. The Morgan fingerprint density at radius 2 is 2.16 bits per heavy atom. The molecule has 3 aromatic rings. The second-order valence-corrected chi connectivity index (χ2v) is 8.30. The van der Waals surface area contributed by atoms with E-state index in [4.69, 9.17) is 15.2 Å². The monoisotopic (exact) mass is 439 g/mol. The number of carbonyl (C=O) groups is 1. The number of methoxy groups -OCH3 is 1. The van der Waals surface area contributed by atoms with E-state index in [0.717, 1.165) is 54.4 Å². The zero-order chi connectivity index (χ0) is 22.7. The summed E-state index contributed by atoms with van der Waals surface area (Å²) in [4.78, 5) is 17.6. The molecule has 0 saturated heterocycles. The summed E-state index contributed by atoms with van der Waals surface area (Å²) in [6.45, 7) is 4.51. The Hall–Kier alpha value is -3.06. The number of rotatable bonds is 9. The summed E-state index contributed by atoms with van der Waals surface area (Å²) >= 11 is 0. The van der Waals surface area contributed by atoms with Crippen molar-refractivity contribution in [1.29, 1.82) is 0 Å². The molecule has 0 bridgehead atoms. The van der Waals surface area contributed by atoms with E-state index in [1.807, 2.05) is 6.20 Å². The summed E-state index contributed by atoms with van der Waals surface area (Å²) in [7, 11) is 1.59. The van der Waals surface area contributed by atoms with Gasteiger partial charge in [-0.25, -0.2) is 4.39 Å². The first-order valence-corrected chi connectivity index (χ1v) is 11.1. The maximum Gasteiger partial charge on any atom is 0.249 e. The van der Waals surface area contributed by atoms with E-state index in [0.29, 0.717) is 30.1 Å². The molecule has 0 aliphatic carbocycles. The van der Waals surface area contributed by atoms with Crippen LogP contribution in [0.4, 0.5) is 4.39 Å². The van der Waals surface area contributed by atoms with Crippen molar-refractivity contribution in [1.82, 2.24) is 9.88 Å². The minimum absolute atomic E-state index is 0.146. The minimum atomic E-state index is -0.457. The average molecular weight is 440 g/mol. The molecule has 170 valence electrons. The third kappa shape index (κ3) is 4.43. The van der Waals surface area contributed by atoms with Gasteiger partial charge in [-0.2, -0.15) is 0 Å². The number of halogens is 1. The Labute approximate surface area is 187 Å². The third-order valence-electron chi connectivity index (χ3n) is 6.22. The normalized spacial score (nSPS) is 15.6. The predicted octanol–water partition coefficient (Wildman–Crippen LogP) is 4.06. The van der Waals surface area contributed by atoms with Crippen molar-refractivity contribution < 1.29 is 18.7 Å². The quantitative estimate of drug-likeness (QED) is 0.527. The summed E-state index contributed by atoms with van der Waals surface area (Å²) in [5.41, 5.74) is 9.01. The van der Waals surface area contributed by atoms with E-state index in [1.165, 1.54) is 6.07 Å². The van der Waals surface area contributed by atoms with Crippen LogP contribution in [0, 0.1) is 5.82 Å². The van der Waals surface area contributed by atoms with Crippen LogP contribution in [0.15, 0.2) is 36.5 Å². The fourth-order valence-corrected chi connectivity index (χ4v) is 4.66. The number of H-pyrrole nitrogens is 1. The molecule has 0 saturated carbocycles. The first-order valence-electron chi connectivity index (χ1n) is 11.1. The van der Waals surface area contributed by atoms with Crippen LogP contribution in [0.2, 0.25) is 0 Å². The van der Waals surface area contributed by atoms with Crippen LogP contribution in [-0.4, -0.2) is 48.6 Å². The molecule has 0 radical (unpaired) electrons. The molecule has 1 aromatic heterocycles. The van der Waals surface area contributed by atoms with Gasteiger partial charge in [0.2, 0.25) is 5.91 Å². The number of benzene rings is 2. The van der Waals surface area contributed by atoms with Crippen molar-refractivity contribution >= 4 is 16.8 Å². The van der Waals surface area contributed by atoms with Gasteiger partial charge in [0.15, 0.2) is 11.5 Å². The standard InChI is InChI=1S/C25H30FN3O3/c1-3-10-29(11-4-5-16-14-28-22-8-6-17(26)12-20(16)22)18-13-21-19(25(27)30)7-9-23(31-2)24(21)32-15-18/h6-9,12,14,18,28H,3-5,10-11,13,15H2,1-2H3,(H2,27,30). The molecule has 7 heteroatoms. The predicted molar refractivity (Wildman–Crippen MR) is 123 cm³/mol. The number of fused-ring (bicyclic) bond motifs is 2. The van der Waals surface area contributed by atoms with Crippen LogP contribution < -0.4 is 15.2 Å². The fourth-order valence-electron chi connectivity index (χ4n) is 4.66. The summed E-state index contributed by atoms with van der Waals surface area (Å²) in [6.07, 6.45) is 5.47. The molecule has 2 aromatic carbocycles. The number of nitrogens with one attached hydrogen (secondary N) is 1. The van der Waals surface area contributed by atoms with E-state index in [9.17, 15) is 9.18 Å². The third-order valence-corrected chi connectivity index (χ3v) is 6.22. The van der Waals surface area contributed by atoms with E-state index in [1.54, 1.807) is 31.4 Å². The first-order chi connectivity index (χ1) is 15.5. The van der Waals surface area contributed by atoms with Gasteiger partial charge in [0, 0.05) is 34.3 Å². The number of amides is 1. The molecule has 2 heterocycles. The fraction of sp³-hybridized carbons (Fsp3) is 0.400. The van der Waals surface area contributed by atoms with Crippen molar-refractivity contribution in [2.24, 2.45) is 5.73 Å².